The van der Waals surface area contributed by atoms with Crippen molar-refractivity contribution in [3.63, 3.8) is 0 Å². The van der Waals surface area contributed by atoms with Crippen LogP contribution in [-0.4, -0.2) is 28.7 Å². The third kappa shape index (κ3) is 2.59. The Balaban J connectivity index is 1.73. The van der Waals surface area contributed by atoms with Crippen molar-refractivity contribution >= 4 is 0 Å². The molecule has 0 radical (unpaired) electrons. The molecule has 0 unspecified atom stereocenters. The van der Waals surface area contributed by atoms with Crippen molar-refractivity contribution in [3.8, 4) is 28.4 Å². The highest BCUT2D eigenvalue weighted by molar-refractivity contribution is 5.73. The van der Waals surface area contributed by atoms with Gasteiger partial charge < -0.3 is 14.2 Å². The molecule has 1 aromatic heterocycles. The lowest BCUT2D eigenvalue weighted by Crippen LogP contribution is -2.00. The zero-order chi connectivity index (χ0) is 15.6. The van der Waals surface area contributed by atoms with Gasteiger partial charge in [-0.25, -0.2) is 9.67 Å². The van der Waals surface area contributed by atoms with E-state index in [4.69, 9.17) is 14.2 Å². The Morgan fingerprint density at radius 2 is 2.04 bits per heavy atom. The fraction of sp³-hybridized carbons (Fsp3) is 0.176. The molecule has 0 saturated carbocycles. The maximum absolute atomic E-state index is 5.50. The Bertz CT molecular complexity index is 831. The van der Waals surface area contributed by atoms with E-state index in [1.54, 1.807) is 18.1 Å². The first-order chi connectivity index (χ1) is 11.3. The van der Waals surface area contributed by atoms with E-state index in [0.717, 1.165) is 33.9 Å². The Kier molecular flexibility index (Phi) is 3.34. The topological polar surface area (TPSA) is 58.4 Å². The van der Waals surface area contributed by atoms with Crippen molar-refractivity contribution in [1.29, 1.82) is 0 Å². The third-order valence-corrected chi connectivity index (χ3v) is 3.76. The number of rotatable bonds is 4. The number of methoxy groups -OCH3 is 1. The molecule has 4 rings (SSSR count). The van der Waals surface area contributed by atoms with Gasteiger partial charge in [0.15, 0.2) is 11.5 Å². The van der Waals surface area contributed by atoms with Crippen LogP contribution in [-0.2, 0) is 6.54 Å². The summed E-state index contributed by atoms with van der Waals surface area (Å²) >= 11 is 0. The first-order valence-electron chi connectivity index (χ1n) is 7.23. The number of benzene rings is 2. The van der Waals surface area contributed by atoms with E-state index in [9.17, 15) is 0 Å². The molecule has 0 atom stereocenters. The van der Waals surface area contributed by atoms with Crippen LogP contribution in [0.5, 0.6) is 17.2 Å². The highest BCUT2D eigenvalue weighted by atomic mass is 16.7. The van der Waals surface area contributed by atoms with Gasteiger partial charge in [-0.05, 0) is 35.4 Å². The van der Waals surface area contributed by atoms with Gasteiger partial charge in [0.1, 0.15) is 18.4 Å². The maximum atomic E-state index is 5.50. The van der Waals surface area contributed by atoms with Crippen LogP contribution in [0.2, 0.25) is 0 Å². The highest BCUT2D eigenvalue weighted by Crippen LogP contribution is 2.39. The monoisotopic (exact) mass is 309 g/mol. The first kappa shape index (κ1) is 13.6. The lowest BCUT2D eigenvalue weighted by Gasteiger charge is -2.12. The summed E-state index contributed by atoms with van der Waals surface area (Å²) < 4.78 is 18.1. The Labute approximate surface area is 133 Å². The zero-order valence-electron chi connectivity index (χ0n) is 12.6. The summed E-state index contributed by atoms with van der Waals surface area (Å²) in [6, 6.07) is 12.0. The molecule has 3 aromatic rings. The number of fused-ring (bicyclic) bond motifs is 1. The van der Waals surface area contributed by atoms with E-state index in [0.29, 0.717) is 6.54 Å². The minimum Gasteiger partial charge on any atom is -0.496 e. The van der Waals surface area contributed by atoms with Crippen LogP contribution in [0, 0.1) is 0 Å². The molecule has 0 bridgehead atoms. The van der Waals surface area contributed by atoms with Gasteiger partial charge in [0.25, 0.3) is 0 Å². The summed E-state index contributed by atoms with van der Waals surface area (Å²) in [6.07, 6.45) is 3.23. The van der Waals surface area contributed by atoms with Crippen LogP contribution in [0.3, 0.4) is 0 Å². The van der Waals surface area contributed by atoms with E-state index in [1.807, 2.05) is 30.3 Å². The van der Waals surface area contributed by atoms with E-state index < -0.39 is 0 Å². The minimum absolute atomic E-state index is 0.266. The molecule has 2 heterocycles. The van der Waals surface area contributed by atoms with Gasteiger partial charge in [0.05, 0.1) is 13.7 Å². The highest BCUT2D eigenvalue weighted by Gasteiger charge is 2.16. The second-order valence-corrected chi connectivity index (χ2v) is 5.20. The van der Waals surface area contributed by atoms with Gasteiger partial charge in [-0.1, -0.05) is 12.1 Å². The summed E-state index contributed by atoms with van der Waals surface area (Å²) in [7, 11) is 1.67. The van der Waals surface area contributed by atoms with Gasteiger partial charge in [0.2, 0.25) is 6.79 Å². The standard InChI is InChI=1S/C17H15N3O3/c1-21-15-4-2-12(8-20-10-18-9-19-20)6-14(15)13-3-5-16-17(7-13)23-11-22-16/h2-7,9-10H,8,11H2,1H3. The van der Waals surface area contributed by atoms with E-state index >= 15 is 0 Å². The largest absolute Gasteiger partial charge is 0.496 e. The fourth-order valence-corrected chi connectivity index (χ4v) is 2.64. The van der Waals surface area contributed by atoms with Crippen LogP contribution in [0.25, 0.3) is 11.1 Å². The zero-order valence-corrected chi connectivity index (χ0v) is 12.6. The number of hydrogen-bond acceptors (Lipinski definition) is 5. The number of nitrogens with zero attached hydrogens (tertiary/aromatic N) is 3. The lowest BCUT2D eigenvalue weighted by atomic mass is 10.0. The summed E-state index contributed by atoms with van der Waals surface area (Å²) in [6.45, 7) is 0.920. The smallest absolute Gasteiger partial charge is 0.231 e. The van der Waals surface area contributed by atoms with Crippen LogP contribution >= 0.6 is 0 Å². The van der Waals surface area contributed by atoms with Crippen LogP contribution in [0.15, 0.2) is 49.1 Å². The molecule has 23 heavy (non-hydrogen) atoms. The van der Waals surface area contributed by atoms with Gasteiger partial charge in [-0.3, -0.25) is 0 Å². The minimum atomic E-state index is 0.266. The van der Waals surface area contributed by atoms with Crippen LogP contribution in [0.4, 0.5) is 0 Å². The van der Waals surface area contributed by atoms with Crippen molar-refractivity contribution in [2.45, 2.75) is 6.54 Å². The summed E-state index contributed by atoms with van der Waals surface area (Å²) in [5.74, 6) is 2.34. The molecule has 0 saturated heterocycles. The molecule has 0 fully saturated rings. The molecule has 2 aromatic carbocycles. The number of hydrogen-bond donors (Lipinski definition) is 0. The van der Waals surface area contributed by atoms with Crippen molar-refractivity contribution in [2.24, 2.45) is 0 Å². The molecule has 6 heteroatoms. The molecular formula is C17H15N3O3. The summed E-state index contributed by atoms with van der Waals surface area (Å²) in [5.41, 5.74) is 3.14. The first-order valence-corrected chi connectivity index (χ1v) is 7.23. The van der Waals surface area contributed by atoms with Crippen molar-refractivity contribution < 1.29 is 14.2 Å². The average molecular weight is 309 g/mol. The molecule has 0 amide bonds. The second kappa shape index (κ2) is 5.64. The summed E-state index contributed by atoms with van der Waals surface area (Å²) in [5, 5.41) is 4.14. The second-order valence-electron chi connectivity index (χ2n) is 5.20. The number of ether oxygens (including phenoxy) is 3. The molecule has 6 nitrogen and oxygen atoms in total. The quantitative estimate of drug-likeness (QED) is 0.741. The van der Waals surface area contributed by atoms with E-state index in [1.165, 1.54) is 6.33 Å². The van der Waals surface area contributed by atoms with Crippen LogP contribution < -0.4 is 14.2 Å². The third-order valence-electron chi connectivity index (χ3n) is 3.76. The van der Waals surface area contributed by atoms with Crippen molar-refractivity contribution in [2.75, 3.05) is 13.9 Å². The van der Waals surface area contributed by atoms with Crippen molar-refractivity contribution in [3.05, 3.63) is 54.6 Å². The van der Waals surface area contributed by atoms with Crippen molar-refractivity contribution in [1.82, 2.24) is 14.8 Å². The predicted molar refractivity (Wildman–Crippen MR) is 83.7 cm³/mol. The van der Waals surface area contributed by atoms with Gasteiger partial charge >= 0.3 is 0 Å². The Hall–Kier alpha value is -3.02. The number of aromatic nitrogens is 3. The molecule has 0 N–H and O–H groups in total. The normalized spacial score (nSPS) is 12.4. The SMILES string of the molecule is COc1ccc(Cn2cncn2)cc1-c1ccc2c(c1)OCO2. The molecule has 1 aliphatic rings. The van der Waals surface area contributed by atoms with Gasteiger partial charge in [-0.2, -0.15) is 5.10 Å². The van der Waals surface area contributed by atoms with Crippen LogP contribution in [0.1, 0.15) is 5.56 Å². The molecule has 0 aliphatic carbocycles. The average Bonchev–Trinajstić information content (AvgIpc) is 3.25. The van der Waals surface area contributed by atoms with E-state index in [2.05, 4.69) is 16.1 Å². The molecular weight excluding hydrogens is 294 g/mol. The summed E-state index contributed by atoms with van der Waals surface area (Å²) in [4.78, 5) is 3.97. The van der Waals surface area contributed by atoms with E-state index in [-0.39, 0.29) is 6.79 Å². The lowest BCUT2D eigenvalue weighted by molar-refractivity contribution is 0.174. The van der Waals surface area contributed by atoms with Gasteiger partial charge in [-0.15, -0.1) is 0 Å². The molecule has 0 spiro atoms. The Morgan fingerprint density at radius 3 is 2.87 bits per heavy atom. The maximum Gasteiger partial charge on any atom is 0.231 e. The molecule has 1 aliphatic heterocycles. The fourth-order valence-electron chi connectivity index (χ4n) is 2.64. The predicted octanol–water partition coefficient (Wildman–Crippen LogP) is 2.73. The van der Waals surface area contributed by atoms with Gasteiger partial charge in [0, 0.05) is 5.56 Å². The Morgan fingerprint density at radius 1 is 1.13 bits per heavy atom. The molecule has 116 valence electrons.